The third-order valence-electron chi connectivity index (χ3n) is 2.68. The lowest BCUT2D eigenvalue weighted by atomic mass is 10.3. The Bertz CT molecular complexity index is 497. The Morgan fingerprint density at radius 3 is 3.06 bits per heavy atom. The number of anilines is 1. The summed E-state index contributed by atoms with van der Waals surface area (Å²) in [5.41, 5.74) is 0. The van der Waals surface area contributed by atoms with E-state index in [4.69, 9.17) is 16.3 Å². The van der Waals surface area contributed by atoms with E-state index >= 15 is 0 Å². The summed E-state index contributed by atoms with van der Waals surface area (Å²) in [6, 6.07) is 4.19. The van der Waals surface area contributed by atoms with Crippen molar-refractivity contribution in [2.75, 3.05) is 25.6 Å². The van der Waals surface area contributed by atoms with E-state index in [1.165, 1.54) is 4.88 Å². The van der Waals surface area contributed by atoms with Gasteiger partial charge in [-0.25, -0.2) is 4.98 Å². The molecule has 0 spiro atoms. The van der Waals surface area contributed by atoms with Crippen molar-refractivity contribution in [1.82, 2.24) is 9.55 Å². The Labute approximate surface area is 116 Å². The number of hydrogen-bond acceptors (Lipinski definition) is 4. The lowest BCUT2D eigenvalue weighted by molar-refractivity contribution is 0.210. The number of rotatable bonds is 6. The average molecular weight is 286 g/mol. The molecule has 0 radical (unpaired) electrons. The molecule has 0 aliphatic rings. The van der Waals surface area contributed by atoms with Gasteiger partial charge in [-0.15, -0.1) is 11.3 Å². The fraction of sp³-hybridized carbons (Fsp3) is 0.417. The van der Waals surface area contributed by atoms with E-state index in [1.54, 1.807) is 24.6 Å². The molecule has 0 aliphatic carbocycles. The van der Waals surface area contributed by atoms with E-state index < -0.39 is 0 Å². The topological polar surface area (TPSA) is 39.1 Å². The molecule has 2 aromatic rings. The Morgan fingerprint density at radius 2 is 2.39 bits per heavy atom. The Hall–Kier alpha value is -1.04. The van der Waals surface area contributed by atoms with Crippen LogP contribution in [-0.4, -0.2) is 29.8 Å². The lowest BCUT2D eigenvalue weighted by Crippen LogP contribution is -2.14. The molecule has 0 aliphatic heterocycles. The van der Waals surface area contributed by atoms with Crippen molar-refractivity contribution in [3.05, 3.63) is 33.7 Å². The fourth-order valence-corrected chi connectivity index (χ4v) is 2.83. The van der Waals surface area contributed by atoms with Gasteiger partial charge in [0.2, 0.25) is 5.95 Å². The first-order valence-electron chi connectivity index (χ1n) is 5.73. The van der Waals surface area contributed by atoms with E-state index in [2.05, 4.69) is 27.9 Å². The maximum Gasteiger partial charge on any atom is 0.203 e. The summed E-state index contributed by atoms with van der Waals surface area (Å²) in [6.07, 6.45) is 3.76. The highest BCUT2D eigenvalue weighted by Crippen LogP contribution is 2.30. The summed E-state index contributed by atoms with van der Waals surface area (Å²) in [5, 5.41) is 3.25. The minimum absolute atomic E-state index is 0.218. The minimum Gasteiger partial charge on any atom is -0.383 e. The molecule has 18 heavy (non-hydrogen) atoms. The standard InChI is InChI=1S/C12H16ClN3OS/c1-9(10-3-4-11(13)18-10)16-7-5-14-12(16)15-6-8-17-2/h3-5,7,9H,6,8H2,1-2H3,(H,14,15). The van der Waals surface area contributed by atoms with Crippen LogP contribution in [0.25, 0.3) is 0 Å². The van der Waals surface area contributed by atoms with Crippen LogP contribution >= 0.6 is 22.9 Å². The highest BCUT2D eigenvalue weighted by molar-refractivity contribution is 7.16. The van der Waals surface area contributed by atoms with Crippen molar-refractivity contribution < 1.29 is 4.74 Å². The third kappa shape index (κ3) is 3.04. The Morgan fingerprint density at radius 1 is 1.56 bits per heavy atom. The number of hydrogen-bond donors (Lipinski definition) is 1. The van der Waals surface area contributed by atoms with Gasteiger partial charge in [0.15, 0.2) is 0 Å². The number of ether oxygens (including phenoxy) is 1. The van der Waals surface area contributed by atoms with Gasteiger partial charge < -0.3 is 14.6 Å². The maximum absolute atomic E-state index is 5.97. The summed E-state index contributed by atoms with van der Waals surface area (Å²) in [7, 11) is 1.68. The summed E-state index contributed by atoms with van der Waals surface area (Å²) in [6.45, 7) is 3.53. The molecular weight excluding hydrogens is 270 g/mol. The zero-order chi connectivity index (χ0) is 13.0. The van der Waals surface area contributed by atoms with Gasteiger partial charge in [0.05, 0.1) is 17.0 Å². The second-order valence-electron chi connectivity index (χ2n) is 3.90. The number of imidazole rings is 1. The van der Waals surface area contributed by atoms with E-state index in [9.17, 15) is 0 Å². The largest absolute Gasteiger partial charge is 0.383 e. The van der Waals surface area contributed by atoms with Crippen molar-refractivity contribution in [3.8, 4) is 0 Å². The molecule has 0 aromatic carbocycles. The van der Waals surface area contributed by atoms with Gasteiger partial charge in [-0.05, 0) is 19.1 Å². The van der Waals surface area contributed by atoms with E-state index in [0.717, 1.165) is 16.8 Å². The molecule has 0 saturated carbocycles. The van der Waals surface area contributed by atoms with Crippen LogP contribution in [0.2, 0.25) is 4.34 Å². The van der Waals surface area contributed by atoms with Crippen LogP contribution in [0.15, 0.2) is 24.5 Å². The zero-order valence-electron chi connectivity index (χ0n) is 10.4. The lowest BCUT2D eigenvalue weighted by Gasteiger charge is -2.15. The molecule has 0 saturated heterocycles. The molecule has 0 amide bonds. The van der Waals surface area contributed by atoms with Crippen molar-refractivity contribution in [2.45, 2.75) is 13.0 Å². The normalized spacial score (nSPS) is 12.6. The van der Waals surface area contributed by atoms with Gasteiger partial charge in [0.25, 0.3) is 0 Å². The first kappa shape index (κ1) is 13.4. The van der Waals surface area contributed by atoms with Gasteiger partial charge in [-0.2, -0.15) is 0 Å². The first-order valence-corrected chi connectivity index (χ1v) is 6.92. The number of halogens is 1. The second-order valence-corrected chi connectivity index (χ2v) is 5.64. The second kappa shape index (κ2) is 6.22. The van der Waals surface area contributed by atoms with Gasteiger partial charge in [-0.3, -0.25) is 0 Å². The van der Waals surface area contributed by atoms with Gasteiger partial charge in [-0.1, -0.05) is 11.6 Å². The number of aromatic nitrogens is 2. The van der Waals surface area contributed by atoms with E-state index in [1.807, 2.05) is 12.3 Å². The van der Waals surface area contributed by atoms with Crippen molar-refractivity contribution in [2.24, 2.45) is 0 Å². The number of nitrogens with zero attached hydrogens (tertiary/aromatic N) is 2. The minimum atomic E-state index is 0.218. The molecule has 1 atom stereocenters. The molecular formula is C12H16ClN3OS. The van der Waals surface area contributed by atoms with Crippen LogP contribution < -0.4 is 5.32 Å². The average Bonchev–Trinajstić information content (AvgIpc) is 2.97. The fourth-order valence-electron chi connectivity index (χ4n) is 1.72. The molecule has 2 heterocycles. The maximum atomic E-state index is 5.97. The van der Waals surface area contributed by atoms with Crippen LogP contribution in [0.5, 0.6) is 0 Å². The number of methoxy groups -OCH3 is 1. The highest BCUT2D eigenvalue weighted by atomic mass is 35.5. The summed E-state index contributed by atoms with van der Waals surface area (Å²) in [4.78, 5) is 5.52. The van der Waals surface area contributed by atoms with Gasteiger partial charge in [0, 0.05) is 30.9 Å². The molecule has 0 fully saturated rings. The van der Waals surface area contributed by atoms with Crippen molar-refractivity contribution in [3.63, 3.8) is 0 Å². The summed E-state index contributed by atoms with van der Waals surface area (Å²) >= 11 is 7.57. The molecule has 1 N–H and O–H groups in total. The molecule has 4 nitrogen and oxygen atoms in total. The van der Waals surface area contributed by atoms with E-state index in [-0.39, 0.29) is 6.04 Å². The highest BCUT2D eigenvalue weighted by Gasteiger charge is 2.13. The van der Waals surface area contributed by atoms with Crippen LogP contribution in [0, 0.1) is 0 Å². The monoisotopic (exact) mass is 285 g/mol. The molecule has 6 heteroatoms. The predicted molar refractivity (Wildman–Crippen MR) is 75.7 cm³/mol. The zero-order valence-corrected chi connectivity index (χ0v) is 12.0. The predicted octanol–water partition coefficient (Wildman–Crippen LogP) is 3.27. The van der Waals surface area contributed by atoms with E-state index in [0.29, 0.717) is 6.61 Å². The van der Waals surface area contributed by atoms with Crippen LogP contribution in [0.1, 0.15) is 17.8 Å². The number of nitrogens with one attached hydrogen (secondary N) is 1. The van der Waals surface area contributed by atoms with Crippen LogP contribution in [0.4, 0.5) is 5.95 Å². The SMILES string of the molecule is COCCNc1nccn1C(C)c1ccc(Cl)s1. The third-order valence-corrected chi connectivity index (χ3v) is 4.08. The smallest absolute Gasteiger partial charge is 0.203 e. The van der Waals surface area contributed by atoms with Gasteiger partial charge >= 0.3 is 0 Å². The molecule has 2 aromatic heterocycles. The summed E-state index contributed by atoms with van der Waals surface area (Å²) in [5.74, 6) is 0.851. The van der Waals surface area contributed by atoms with Crippen molar-refractivity contribution >= 4 is 28.9 Å². The Balaban J connectivity index is 2.10. The van der Waals surface area contributed by atoms with Crippen LogP contribution in [-0.2, 0) is 4.74 Å². The molecule has 2 rings (SSSR count). The molecule has 1 unspecified atom stereocenters. The van der Waals surface area contributed by atoms with Crippen LogP contribution in [0.3, 0.4) is 0 Å². The summed E-state index contributed by atoms with van der Waals surface area (Å²) < 4.78 is 7.92. The van der Waals surface area contributed by atoms with Gasteiger partial charge in [0.1, 0.15) is 0 Å². The van der Waals surface area contributed by atoms with Crippen molar-refractivity contribution in [1.29, 1.82) is 0 Å². The quantitative estimate of drug-likeness (QED) is 0.828. The Kier molecular flexibility index (Phi) is 4.63. The number of thiophene rings is 1. The first-order chi connectivity index (χ1) is 8.72. The molecule has 0 bridgehead atoms. The molecule has 98 valence electrons.